The van der Waals surface area contributed by atoms with E-state index >= 15 is 0 Å². The second-order valence-electron chi connectivity index (χ2n) is 6.84. The number of piperidine rings is 1. The minimum absolute atomic E-state index is 0.177. The number of primary amides is 1. The Bertz CT molecular complexity index is 826. The van der Waals surface area contributed by atoms with Crippen molar-refractivity contribution in [2.75, 3.05) is 6.54 Å². The Morgan fingerprint density at radius 3 is 2.76 bits per heavy atom. The molecule has 0 bridgehead atoms. The maximum atomic E-state index is 12.6. The fourth-order valence-corrected chi connectivity index (χ4v) is 3.71. The summed E-state index contributed by atoms with van der Waals surface area (Å²) in [6.45, 7) is 6.84. The number of carbonyl (C=O) groups is 2. The molecule has 2 aromatic heterocycles. The topological polar surface area (TPSA) is 93.6 Å². The Morgan fingerprint density at radius 1 is 1.32 bits per heavy atom. The highest BCUT2D eigenvalue weighted by Crippen LogP contribution is 2.21. The van der Waals surface area contributed by atoms with Crippen molar-refractivity contribution in [1.82, 2.24) is 19.3 Å². The molecule has 1 aliphatic rings. The molecule has 25 heavy (non-hydrogen) atoms. The van der Waals surface area contributed by atoms with Gasteiger partial charge in [-0.05, 0) is 52.0 Å². The summed E-state index contributed by atoms with van der Waals surface area (Å²) >= 11 is 0. The minimum Gasteiger partial charge on any atom is -0.364 e. The van der Waals surface area contributed by atoms with E-state index in [1.807, 2.05) is 18.7 Å². The molecule has 3 heterocycles. The maximum Gasteiger partial charge on any atom is 0.271 e. The monoisotopic (exact) mass is 343 g/mol. The van der Waals surface area contributed by atoms with E-state index in [-0.39, 0.29) is 11.6 Å². The Hall–Kier alpha value is -2.44. The largest absolute Gasteiger partial charge is 0.364 e. The summed E-state index contributed by atoms with van der Waals surface area (Å²) < 4.78 is 1.77. The van der Waals surface area contributed by atoms with Crippen molar-refractivity contribution in [2.24, 2.45) is 5.73 Å². The highest BCUT2D eigenvalue weighted by Gasteiger charge is 2.23. The number of hydrogen-bond acceptors (Lipinski definition) is 4. The van der Waals surface area contributed by atoms with Crippen LogP contribution < -0.4 is 5.73 Å². The van der Waals surface area contributed by atoms with Crippen LogP contribution in [-0.2, 0) is 11.2 Å². The molecule has 1 saturated heterocycles. The zero-order chi connectivity index (χ0) is 18.1. The number of likely N-dealkylation sites (tertiary alicyclic amines) is 1. The SMILES string of the molecule is Cc1nc2c(C(N)=O)ncn2c(C)c1CCC(=O)N1CCCCC1C. The molecule has 0 spiro atoms. The summed E-state index contributed by atoms with van der Waals surface area (Å²) in [5.74, 6) is -0.384. The molecule has 7 heteroatoms. The molecule has 1 fully saturated rings. The fraction of sp³-hybridized carbons (Fsp3) is 0.556. The third kappa shape index (κ3) is 3.23. The lowest BCUT2D eigenvalue weighted by Gasteiger charge is -2.33. The number of aromatic nitrogens is 3. The van der Waals surface area contributed by atoms with E-state index in [1.165, 1.54) is 6.42 Å². The molecule has 2 N–H and O–H groups in total. The standard InChI is InChI=1S/C18H25N5O2/c1-11-6-4-5-9-22(11)15(24)8-7-14-12(2)21-18-16(17(19)25)20-10-23(18)13(14)3/h10-11H,4-9H2,1-3H3,(H2,19,25). The number of nitrogens with zero attached hydrogens (tertiary/aromatic N) is 4. The van der Waals surface area contributed by atoms with Gasteiger partial charge in [0, 0.05) is 30.4 Å². The van der Waals surface area contributed by atoms with Crippen molar-refractivity contribution < 1.29 is 9.59 Å². The van der Waals surface area contributed by atoms with Gasteiger partial charge in [0.1, 0.15) is 6.33 Å². The van der Waals surface area contributed by atoms with E-state index in [2.05, 4.69) is 16.9 Å². The van der Waals surface area contributed by atoms with Crippen LogP contribution in [0.2, 0.25) is 0 Å². The molecular weight excluding hydrogens is 318 g/mol. The molecule has 1 unspecified atom stereocenters. The van der Waals surface area contributed by atoms with Gasteiger partial charge in [-0.3, -0.25) is 14.0 Å². The lowest BCUT2D eigenvalue weighted by atomic mass is 10.0. The Balaban J connectivity index is 1.82. The quantitative estimate of drug-likeness (QED) is 0.915. The van der Waals surface area contributed by atoms with E-state index in [0.717, 1.165) is 36.3 Å². The number of fused-ring (bicyclic) bond motifs is 1. The summed E-state index contributed by atoms with van der Waals surface area (Å²) in [5.41, 5.74) is 8.79. The van der Waals surface area contributed by atoms with Gasteiger partial charge in [0.25, 0.3) is 5.91 Å². The van der Waals surface area contributed by atoms with Crippen LogP contribution in [0.5, 0.6) is 0 Å². The first-order valence-electron chi connectivity index (χ1n) is 8.82. The Labute approximate surface area is 147 Å². The highest BCUT2D eigenvalue weighted by atomic mass is 16.2. The Morgan fingerprint density at radius 2 is 2.08 bits per heavy atom. The van der Waals surface area contributed by atoms with E-state index in [1.54, 1.807) is 10.7 Å². The smallest absolute Gasteiger partial charge is 0.271 e. The first kappa shape index (κ1) is 17.4. The van der Waals surface area contributed by atoms with Crippen LogP contribution in [-0.4, -0.2) is 43.7 Å². The first-order valence-corrected chi connectivity index (χ1v) is 8.82. The predicted molar refractivity (Wildman–Crippen MR) is 94.3 cm³/mol. The van der Waals surface area contributed by atoms with Gasteiger partial charge in [-0.15, -0.1) is 0 Å². The Kier molecular flexibility index (Phi) is 4.74. The van der Waals surface area contributed by atoms with Crippen molar-refractivity contribution >= 4 is 17.5 Å². The summed E-state index contributed by atoms with van der Waals surface area (Å²) in [7, 11) is 0. The molecule has 0 aliphatic carbocycles. The lowest BCUT2D eigenvalue weighted by Crippen LogP contribution is -2.42. The fourth-order valence-electron chi connectivity index (χ4n) is 3.71. The summed E-state index contributed by atoms with van der Waals surface area (Å²) in [6, 6.07) is 0.329. The van der Waals surface area contributed by atoms with Gasteiger partial charge in [0.15, 0.2) is 11.3 Å². The highest BCUT2D eigenvalue weighted by molar-refractivity contribution is 5.96. The van der Waals surface area contributed by atoms with Crippen molar-refractivity contribution in [3.8, 4) is 0 Å². The molecule has 0 radical (unpaired) electrons. The molecule has 1 aliphatic heterocycles. The summed E-state index contributed by atoms with van der Waals surface area (Å²) in [5, 5.41) is 0. The van der Waals surface area contributed by atoms with Gasteiger partial charge in [0.2, 0.25) is 5.91 Å². The van der Waals surface area contributed by atoms with Gasteiger partial charge in [0.05, 0.1) is 0 Å². The molecular formula is C18H25N5O2. The molecule has 1 atom stereocenters. The van der Waals surface area contributed by atoms with Crippen molar-refractivity contribution in [3.63, 3.8) is 0 Å². The minimum atomic E-state index is -0.587. The van der Waals surface area contributed by atoms with Gasteiger partial charge in [-0.2, -0.15) is 0 Å². The zero-order valence-corrected chi connectivity index (χ0v) is 15.1. The third-order valence-electron chi connectivity index (χ3n) is 5.20. The predicted octanol–water partition coefficient (Wildman–Crippen LogP) is 1.78. The molecule has 3 rings (SSSR count). The molecule has 2 amide bonds. The number of hydrogen-bond donors (Lipinski definition) is 1. The van der Waals surface area contributed by atoms with E-state index in [9.17, 15) is 9.59 Å². The molecule has 0 saturated carbocycles. The molecule has 2 aromatic rings. The van der Waals surface area contributed by atoms with Crippen LogP contribution in [0.4, 0.5) is 0 Å². The van der Waals surface area contributed by atoms with Crippen LogP contribution in [0.1, 0.15) is 60.0 Å². The van der Waals surface area contributed by atoms with Crippen molar-refractivity contribution in [3.05, 3.63) is 29.0 Å². The number of nitrogens with two attached hydrogens (primary N) is 1. The maximum absolute atomic E-state index is 12.6. The molecule has 0 aromatic carbocycles. The summed E-state index contributed by atoms with van der Waals surface area (Å²) in [6.07, 6.45) is 6.04. The van der Waals surface area contributed by atoms with Crippen LogP contribution in [0.15, 0.2) is 6.33 Å². The number of imidazole rings is 1. The first-order chi connectivity index (χ1) is 11.9. The summed E-state index contributed by atoms with van der Waals surface area (Å²) in [4.78, 5) is 34.6. The van der Waals surface area contributed by atoms with Crippen LogP contribution in [0.3, 0.4) is 0 Å². The number of aryl methyl sites for hydroxylation is 2. The number of amides is 2. The van der Waals surface area contributed by atoms with Crippen molar-refractivity contribution in [2.45, 2.75) is 58.9 Å². The van der Waals surface area contributed by atoms with Gasteiger partial charge >= 0.3 is 0 Å². The van der Waals surface area contributed by atoms with Gasteiger partial charge < -0.3 is 10.6 Å². The van der Waals surface area contributed by atoms with E-state index in [4.69, 9.17) is 5.73 Å². The van der Waals surface area contributed by atoms with Crippen molar-refractivity contribution in [1.29, 1.82) is 0 Å². The van der Waals surface area contributed by atoms with E-state index in [0.29, 0.717) is 24.5 Å². The van der Waals surface area contributed by atoms with Gasteiger partial charge in [-0.1, -0.05) is 0 Å². The molecule has 7 nitrogen and oxygen atoms in total. The van der Waals surface area contributed by atoms with E-state index < -0.39 is 5.91 Å². The second-order valence-corrected chi connectivity index (χ2v) is 6.84. The normalized spacial score (nSPS) is 17.9. The van der Waals surface area contributed by atoms with Crippen LogP contribution in [0.25, 0.3) is 5.65 Å². The zero-order valence-electron chi connectivity index (χ0n) is 15.1. The second kappa shape index (κ2) is 6.82. The number of carbonyl (C=O) groups excluding carboxylic acids is 2. The van der Waals surface area contributed by atoms with Gasteiger partial charge in [-0.25, -0.2) is 9.97 Å². The lowest BCUT2D eigenvalue weighted by molar-refractivity contribution is -0.134. The average molecular weight is 343 g/mol. The molecule has 134 valence electrons. The van der Waals surface area contributed by atoms with Crippen LogP contribution in [0, 0.1) is 13.8 Å². The third-order valence-corrected chi connectivity index (χ3v) is 5.20. The average Bonchev–Trinajstić information content (AvgIpc) is 2.99. The number of rotatable bonds is 4. The van der Waals surface area contributed by atoms with Crippen LogP contribution >= 0.6 is 0 Å².